The maximum absolute atomic E-state index is 12.2. The smallest absolute Gasteiger partial charge is 0.419 e. The average molecular weight is 226 g/mol. The summed E-state index contributed by atoms with van der Waals surface area (Å²) >= 11 is 5.25. The van der Waals surface area contributed by atoms with E-state index in [1.165, 1.54) is 0 Å². The van der Waals surface area contributed by atoms with Crippen LogP contribution < -0.4 is 0 Å². The van der Waals surface area contributed by atoms with Gasteiger partial charge in [-0.05, 0) is 0 Å². The van der Waals surface area contributed by atoms with Crippen LogP contribution in [0.3, 0.4) is 0 Å². The minimum Gasteiger partial charge on any atom is -0.478 e. The van der Waals surface area contributed by atoms with Gasteiger partial charge in [-0.3, -0.25) is 4.98 Å². The van der Waals surface area contributed by atoms with Gasteiger partial charge in [0.25, 0.3) is 0 Å². The Kier molecular flexibility index (Phi) is 2.66. The molecule has 14 heavy (non-hydrogen) atoms. The second-order valence-corrected chi connectivity index (χ2v) is 2.73. The van der Waals surface area contributed by atoms with Crippen molar-refractivity contribution in [3.8, 4) is 0 Å². The molecule has 1 aromatic heterocycles. The van der Waals surface area contributed by atoms with Crippen molar-refractivity contribution < 1.29 is 23.1 Å². The molecule has 7 heteroatoms. The topological polar surface area (TPSA) is 50.2 Å². The van der Waals surface area contributed by atoms with Gasteiger partial charge in [0.1, 0.15) is 0 Å². The molecule has 0 bridgehead atoms. The fraction of sp³-hybridized carbons (Fsp3) is 0.143. The molecule has 0 aliphatic rings. The van der Waals surface area contributed by atoms with Crippen LogP contribution in [0.25, 0.3) is 0 Å². The number of halogens is 4. The van der Waals surface area contributed by atoms with Crippen molar-refractivity contribution in [2.45, 2.75) is 6.18 Å². The summed E-state index contributed by atoms with van der Waals surface area (Å²) in [5.41, 5.74) is -1.92. The molecule has 0 aromatic carbocycles. The van der Waals surface area contributed by atoms with Crippen LogP contribution in [0.5, 0.6) is 0 Å². The molecule has 0 spiro atoms. The fourth-order valence-corrected chi connectivity index (χ4v) is 1.08. The van der Waals surface area contributed by atoms with Gasteiger partial charge in [0, 0.05) is 12.4 Å². The number of carbonyl (C=O) groups is 1. The average Bonchev–Trinajstić information content (AvgIpc) is 2.01. The maximum Gasteiger partial charge on any atom is 0.419 e. The van der Waals surface area contributed by atoms with E-state index in [1.807, 2.05) is 0 Å². The molecule has 0 saturated heterocycles. The number of hydrogen-bond acceptors (Lipinski definition) is 2. The fourth-order valence-electron chi connectivity index (χ4n) is 0.792. The van der Waals surface area contributed by atoms with Crippen LogP contribution in [0.4, 0.5) is 13.2 Å². The van der Waals surface area contributed by atoms with Crippen LogP contribution >= 0.6 is 11.6 Å². The third kappa shape index (κ3) is 1.95. The van der Waals surface area contributed by atoms with Gasteiger partial charge in [-0.2, -0.15) is 13.2 Å². The van der Waals surface area contributed by atoms with E-state index in [9.17, 15) is 18.0 Å². The van der Waals surface area contributed by atoms with E-state index >= 15 is 0 Å². The van der Waals surface area contributed by atoms with Gasteiger partial charge in [0.2, 0.25) is 0 Å². The van der Waals surface area contributed by atoms with E-state index in [0.717, 1.165) is 6.20 Å². The van der Waals surface area contributed by atoms with Crippen LogP contribution in [0.15, 0.2) is 12.4 Å². The first kappa shape index (κ1) is 10.8. The molecule has 0 saturated carbocycles. The summed E-state index contributed by atoms with van der Waals surface area (Å²) in [5, 5.41) is 7.62. The molecular formula is C7H3ClF3NO2. The van der Waals surface area contributed by atoms with Gasteiger partial charge < -0.3 is 5.11 Å². The summed E-state index contributed by atoms with van der Waals surface area (Å²) < 4.78 is 36.5. The Morgan fingerprint density at radius 2 is 2.00 bits per heavy atom. The Morgan fingerprint density at radius 1 is 1.43 bits per heavy atom. The van der Waals surface area contributed by atoms with Crippen LogP contribution in [-0.4, -0.2) is 16.1 Å². The Hall–Kier alpha value is -1.30. The molecule has 0 unspecified atom stereocenters. The number of aromatic nitrogens is 1. The first-order valence-electron chi connectivity index (χ1n) is 3.28. The Labute approximate surface area is 81.1 Å². The molecular weight excluding hydrogens is 223 g/mol. The molecule has 76 valence electrons. The third-order valence-corrected chi connectivity index (χ3v) is 1.82. The highest BCUT2D eigenvalue weighted by Gasteiger charge is 2.35. The monoisotopic (exact) mass is 225 g/mol. The largest absolute Gasteiger partial charge is 0.478 e. The number of alkyl halides is 3. The first-order valence-corrected chi connectivity index (χ1v) is 3.66. The van der Waals surface area contributed by atoms with Crippen molar-refractivity contribution in [2.75, 3.05) is 0 Å². The zero-order chi connectivity index (χ0) is 10.9. The summed E-state index contributed by atoms with van der Waals surface area (Å²) in [6.07, 6.45) is -3.45. The summed E-state index contributed by atoms with van der Waals surface area (Å²) in [7, 11) is 0. The van der Waals surface area contributed by atoms with E-state index in [0.29, 0.717) is 6.20 Å². The van der Waals surface area contributed by atoms with Crippen LogP contribution in [0.2, 0.25) is 5.02 Å². The zero-order valence-corrected chi connectivity index (χ0v) is 7.23. The summed E-state index contributed by atoms with van der Waals surface area (Å²) in [6, 6.07) is 0. The molecule has 0 atom stereocenters. The van der Waals surface area contributed by atoms with Crippen molar-refractivity contribution in [3.05, 3.63) is 28.5 Å². The lowest BCUT2D eigenvalue weighted by Crippen LogP contribution is -2.10. The van der Waals surface area contributed by atoms with Crippen molar-refractivity contribution in [1.82, 2.24) is 4.98 Å². The van der Waals surface area contributed by atoms with Crippen LogP contribution in [-0.2, 0) is 6.18 Å². The third-order valence-electron chi connectivity index (χ3n) is 1.42. The molecule has 1 rings (SSSR count). The Morgan fingerprint density at radius 3 is 2.43 bits per heavy atom. The molecule has 0 fully saturated rings. The standard InChI is InChI=1S/C7H3ClF3NO2/c8-5-3(6(13)14)1-12-2-4(5)7(9,10)11/h1-2H,(H,13,14). The molecule has 0 amide bonds. The first-order chi connectivity index (χ1) is 6.34. The van der Waals surface area contributed by atoms with Gasteiger partial charge in [0.15, 0.2) is 0 Å². The van der Waals surface area contributed by atoms with Crippen LogP contribution in [0.1, 0.15) is 15.9 Å². The van der Waals surface area contributed by atoms with Crippen molar-refractivity contribution >= 4 is 17.6 Å². The molecule has 1 aromatic rings. The molecule has 0 aliphatic carbocycles. The van der Waals surface area contributed by atoms with E-state index in [-0.39, 0.29) is 0 Å². The van der Waals surface area contributed by atoms with Crippen molar-refractivity contribution in [3.63, 3.8) is 0 Å². The lowest BCUT2D eigenvalue weighted by molar-refractivity contribution is -0.137. The van der Waals surface area contributed by atoms with Gasteiger partial charge >= 0.3 is 12.1 Å². The highest BCUT2D eigenvalue weighted by atomic mass is 35.5. The van der Waals surface area contributed by atoms with E-state index in [2.05, 4.69) is 4.98 Å². The number of carboxylic acids is 1. The highest BCUT2D eigenvalue weighted by molar-refractivity contribution is 6.34. The molecule has 1 heterocycles. The number of carboxylic acid groups (broad SMARTS) is 1. The predicted octanol–water partition coefficient (Wildman–Crippen LogP) is 2.45. The minimum atomic E-state index is -4.70. The summed E-state index contributed by atoms with van der Waals surface area (Å²) in [6.45, 7) is 0. The quantitative estimate of drug-likeness (QED) is 0.799. The second kappa shape index (κ2) is 3.45. The maximum atomic E-state index is 12.2. The van der Waals surface area contributed by atoms with Gasteiger partial charge in [-0.1, -0.05) is 11.6 Å². The van der Waals surface area contributed by atoms with E-state index in [4.69, 9.17) is 16.7 Å². The van der Waals surface area contributed by atoms with Gasteiger partial charge in [0.05, 0.1) is 16.1 Å². The number of pyridine rings is 1. The lowest BCUT2D eigenvalue weighted by Gasteiger charge is -2.08. The number of aromatic carboxylic acids is 1. The van der Waals surface area contributed by atoms with Crippen LogP contribution in [0, 0.1) is 0 Å². The molecule has 1 N–H and O–H groups in total. The predicted molar refractivity (Wildman–Crippen MR) is 41.2 cm³/mol. The zero-order valence-electron chi connectivity index (χ0n) is 6.47. The van der Waals surface area contributed by atoms with Gasteiger partial charge in [-0.25, -0.2) is 4.79 Å². The highest BCUT2D eigenvalue weighted by Crippen LogP contribution is 2.35. The SMILES string of the molecule is O=C(O)c1cncc(C(F)(F)F)c1Cl. The van der Waals surface area contributed by atoms with E-state index < -0.39 is 28.3 Å². The minimum absolute atomic E-state index is 0.481. The normalized spacial score (nSPS) is 11.4. The van der Waals surface area contributed by atoms with Gasteiger partial charge in [-0.15, -0.1) is 0 Å². The summed E-state index contributed by atoms with van der Waals surface area (Å²) in [4.78, 5) is 13.6. The van der Waals surface area contributed by atoms with Crippen molar-refractivity contribution in [1.29, 1.82) is 0 Å². The number of rotatable bonds is 1. The summed E-state index contributed by atoms with van der Waals surface area (Å²) in [5.74, 6) is -1.55. The molecule has 0 radical (unpaired) electrons. The molecule has 3 nitrogen and oxygen atoms in total. The Balaban J connectivity index is 3.35. The second-order valence-electron chi connectivity index (χ2n) is 2.35. The van der Waals surface area contributed by atoms with E-state index in [1.54, 1.807) is 0 Å². The number of hydrogen-bond donors (Lipinski definition) is 1. The number of nitrogens with zero attached hydrogens (tertiary/aromatic N) is 1. The molecule has 0 aliphatic heterocycles. The van der Waals surface area contributed by atoms with Crippen molar-refractivity contribution in [2.24, 2.45) is 0 Å². The lowest BCUT2D eigenvalue weighted by atomic mass is 10.2. The Bertz CT molecular complexity index is 378.